The Morgan fingerprint density at radius 1 is 0.929 bits per heavy atom. The molecule has 0 amide bonds. The normalized spacial score (nSPS) is 27.8. The lowest BCUT2D eigenvalue weighted by Crippen LogP contribution is -2.30. The number of ether oxygens (including phenoxy) is 1. The van der Waals surface area contributed by atoms with Crippen molar-refractivity contribution in [1.29, 1.82) is 0 Å². The number of fused-ring (bicyclic) bond motifs is 2. The summed E-state index contributed by atoms with van der Waals surface area (Å²) in [5, 5.41) is 0.504. The number of benzene rings is 2. The van der Waals surface area contributed by atoms with Gasteiger partial charge in [-0.2, -0.15) is 8.78 Å². The van der Waals surface area contributed by atoms with Crippen molar-refractivity contribution in [3.63, 3.8) is 0 Å². The van der Waals surface area contributed by atoms with E-state index in [1.54, 1.807) is 0 Å². The van der Waals surface area contributed by atoms with E-state index < -0.39 is 24.0 Å². The Bertz CT molecular complexity index is 850. The number of alkyl halides is 2. The molecule has 2 aliphatic rings. The fourth-order valence-corrected chi connectivity index (χ4v) is 5.42. The molecule has 2 aromatic carbocycles. The number of hydrogen-bond donors (Lipinski definition) is 0. The van der Waals surface area contributed by atoms with Crippen molar-refractivity contribution in [2.45, 2.75) is 64.4 Å². The lowest BCUT2D eigenvalue weighted by Gasteiger charge is -2.42. The molecule has 2 aliphatic carbocycles. The maximum absolute atomic E-state index is 14.7. The lowest BCUT2D eigenvalue weighted by molar-refractivity contribution is -0.0520. The number of halogens is 4. The molecule has 2 saturated carbocycles. The second-order valence-electron chi connectivity index (χ2n) is 8.50. The zero-order valence-electron chi connectivity index (χ0n) is 16.1. The highest BCUT2D eigenvalue weighted by Gasteiger charge is 2.35. The predicted octanol–water partition coefficient (Wildman–Crippen LogP) is 7.43. The molecule has 0 N–H and O–H groups in total. The first-order chi connectivity index (χ1) is 13.4. The van der Waals surface area contributed by atoms with E-state index in [2.05, 4.69) is 11.7 Å². The molecule has 0 bridgehead atoms. The fraction of sp³-hybridized carbons (Fsp3) is 0.565. The molecule has 0 aromatic heterocycles. The van der Waals surface area contributed by atoms with Crippen LogP contribution in [0.3, 0.4) is 0 Å². The van der Waals surface area contributed by atoms with E-state index in [9.17, 15) is 17.6 Å². The first kappa shape index (κ1) is 19.5. The Balaban J connectivity index is 1.58. The standard InChI is InChI=1S/C23H26F4O/c1-2-13-3-4-15-8-16(6-5-14(15)7-13)17-9-18-11-21(25)22(28-23(26)27)12-19(18)20(24)10-17/h9-16,23H,2-8H2,1H3. The minimum atomic E-state index is -3.15. The first-order valence-electron chi connectivity index (χ1n) is 10.3. The van der Waals surface area contributed by atoms with Crippen LogP contribution in [0.15, 0.2) is 24.3 Å². The van der Waals surface area contributed by atoms with Gasteiger partial charge in [-0.1, -0.05) is 25.8 Å². The van der Waals surface area contributed by atoms with Gasteiger partial charge in [-0.3, -0.25) is 0 Å². The second-order valence-corrected chi connectivity index (χ2v) is 8.50. The predicted molar refractivity (Wildman–Crippen MR) is 102 cm³/mol. The van der Waals surface area contributed by atoms with Crippen molar-refractivity contribution >= 4 is 10.8 Å². The molecule has 0 spiro atoms. The van der Waals surface area contributed by atoms with Gasteiger partial charge < -0.3 is 4.74 Å². The van der Waals surface area contributed by atoms with Crippen molar-refractivity contribution in [1.82, 2.24) is 0 Å². The van der Waals surface area contributed by atoms with E-state index in [0.717, 1.165) is 42.4 Å². The maximum Gasteiger partial charge on any atom is 0.387 e. The highest BCUT2D eigenvalue weighted by atomic mass is 19.3. The van der Waals surface area contributed by atoms with Crippen LogP contribution < -0.4 is 4.74 Å². The van der Waals surface area contributed by atoms with Crippen molar-refractivity contribution < 1.29 is 22.3 Å². The summed E-state index contributed by atoms with van der Waals surface area (Å²) in [5.74, 6) is 0.573. The summed E-state index contributed by atoms with van der Waals surface area (Å²) in [6, 6.07) is 5.43. The maximum atomic E-state index is 14.7. The highest BCUT2D eigenvalue weighted by Crippen LogP contribution is 2.48. The Labute approximate surface area is 163 Å². The molecule has 5 heteroatoms. The Hall–Kier alpha value is -1.78. The molecule has 4 rings (SSSR count). The van der Waals surface area contributed by atoms with Crippen molar-refractivity contribution in [3.8, 4) is 5.75 Å². The summed E-state index contributed by atoms with van der Waals surface area (Å²) < 4.78 is 57.8. The summed E-state index contributed by atoms with van der Waals surface area (Å²) in [4.78, 5) is 0. The number of rotatable bonds is 4. The van der Waals surface area contributed by atoms with Crippen LogP contribution >= 0.6 is 0 Å². The lowest BCUT2D eigenvalue weighted by atomic mass is 9.63. The molecule has 4 unspecified atom stereocenters. The van der Waals surface area contributed by atoms with Crippen LogP contribution in [-0.2, 0) is 0 Å². The smallest absolute Gasteiger partial charge is 0.387 e. The summed E-state index contributed by atoms with van der Waals surface area (Å²) >= 11 is 0. The molecule has 2 fully saturated rings. The van der Waals surface area contributed by atoms with Gasteiger partial charge in [0.1, 0.15) is 5.82 Å². The van der Waals surface area contributed by atoms with E-state index in [-0.39, 0.29) is 11.3 Å². The van der Waals surface area contributed by atoms with Gasteiger partial charge in [0.25, 0.3) is 0 Å². The zero-order valence-corrected chi connectivity index (χ0v) is 16.1. The van der Waals surface area contributed by atoms with Crippen LogP contribution in [0, 0.1) is 29.4 Å². The SMILES string of the molecule is CCC1CCC2CC(c3cc(F)c4cc(OC(F)F)c(F)cc4c3)CCC2C1. The monoisotopic (exact) mass is 394 g/mol. The molecule has 152 valence electrons. The summed E-state index contributed by atoms with van der Waals surface area (Å²) in [6.07, 6.45) is 8.36. The molecule has 0 heterocycles. The van der Waals surface area contributed by atoms with Gasteiger partial charge in [0.15, 0.2) is 11.6 Å². The number of hydrogen-bond acceptors (Lipinski definition) is 1. The van der Waals surface area contributed by atoms with Crippen LogP contribution in [0.4, 0.5) is 17.6 Å². The molecule has 2 aromatic rings. The topological polar surface area (TPSA) is 9.23 Å². The van der Waals surface area contributed by atoms with Gasteiger partial charge in [0.2, 0.25) is 0 Å². The summed E-state index contributed by atoms with van der Waals surface area (Å²) in [6.45, 7) is -0.877. The molecule has 1 nitrogen and oxygen atoms in total. The van der Waals surface area contributed by atoms with Gasteiger partial charge in [-0.15, -0.1) is 0 Å². The van der Waals surface area contributed by atoms with E-state index in [0.29, 0.717) is 11.3 Å². The third kappa shape index (κ3) is 3.85. The molecule has 0 radical (unpaired) electrons. The molecule has 4 atom stereocenters. The van der Waals surface area contributed by atoms with Crippen LogP contribution in [0.25, 0.3) is 10.8 Å². The van der Waals surface area contributed by atoms with E-state index in [1.807, 2.05) is 6.07 Å². The average Bonchev–Trinajstić information content (AvgIpc) is 2.67. The average molecular weight is 394 g/mol. The third-order valence-electron chi connectivity index (χ3n) is 6.96. The summed E-state index contributed by atoms with van der Waals surface area (Å²) in [7, 11) is 0. The van der Waals surface area contributed by atoms with Gasteiger partial charge in [0, 0.05) is 5.39 Å². The van der Waals surface area contributed by atoms with E-state index in [4.69, 9.17) is 0 Å². The van der Waals surface area contributed by atoms with Gasteiger partial charge in [0.05, 0.1) is 0 Å². The van der Waals surface area contributed by atoms with Gasteiger partial charge in [-0.25, -0.2) is 8.78 Å². The van der Waals surface area contributed by atoms with Gasteiger partial charge in [-0.05, 0) is 84.9 Å². The van der Waals surface area contributed by atoms with Crippen LogP contribution in [0.2, 0.25) is 0 Å². The Morgan fingerprint density at radius 2 is 1.68 bits per heavy atom. The van der Waals surface area contributed by atoms with Crippen molar-refractivity contribution in [2.24, 2.45) is 17.8 Å². The largest absolute Gasteiger partial charge is 0.432 e. The Kier molecular flexibility index (Phi) is 5.52. The first-order valence-corrected chi connectivity index (χ1v) is 10.3. The Morgan fingerprint density at radius 3 is 2.43 bits per heavy atom. The molecule has 28 heavy (non-hydrogen) atoms. The molecular weight excluding hydrogens is 368 g/mol. The molecule has 0 aliphatic heterocycles. The zero-order chi connectivity index (χ0) is 19.8. The minimum absolute atomic E-state index is 0.109. The van der Waals surface area contributed by atoms with Crippen molar-refractivity contribution in [3.05, 3.63) is 41.5 Å². The van der Waals surface area contributed by atoms with Crippen LogP contribution in [-0.4, -0.2) is 6.61 Å². The van der Waals surface area contributed by atoms with Crippen molar-refractivity contribution in [2.75, 3.05) is 0 Å². The highest BCUT2D eigenvalue weighted by molar-refractivity contribution is 5.85. The van der Waals surface area contributed by atoms with Crippen LogP contribution in [0.5, 0.6) is 5.75 Å². The third-order valence-corrected chi connectivity index (χ3v) is 6.96. The summed E-state index contributed by atoms with van der Waals surface area (Å²) in [5.41, 5.74) is 0.892. The molecule has 0 saturated heterocycles. The molecular formula is C23H26F4O. The van der Waals surface area contributed by atoms with E-state index in [1.165, 1.54) is 38.2 Å². The van der Waals surface area contributed by atoms with Gasteiger partial charge >= 0.3 is 6.61 Å². The quantitative estimate of drug-likeness (QED) is 0.490. The fourth-order valence-electron chi connectivity index (χ4n) is 5.42. The second kappa shape index (κ2) is 7.92. The van der Waals surface area contributed by atoms with E-state index >= 15 is 0 Å². The minimum Gasteiger partial charge on any atom is -0.432 e. The van der Waals surface area contributed by atoms with Crippen LogP contribution in [0.1, 0.15) is 63.4 Å².